The van der Waals surface area contributed by atoms with Gasteiger partial charge >= 0.3 is 0 Å². The number of imidazole rings is 1. The molecule has 0 atom stereocenters. The van der Waals surface area contributed by atoms with Gasteiger partial charge in [0.1, 0.15) is 16.0 Å². The second kappa shape index (κ2) is 3.96. The van der Waals surface area contributed by atoms with Crippen molar-refractivity contribution in [2.24, 2.45) is 0 Å². The van der Waals surface area contributed by atoms with Crippen LogP contribution in [-0.4, -0.2) is 19.2 Å². The van der Waals surface area contributed by atoms with Crippen molar-refractivity contribution in [1.29, 1.82) is 0 Å². The lowest BCUT2D eigenvalue weighted by atomic mass is 10.3. The Morgan fingerprint density at radius 2 is 2.18 bits per heavy atom. The van der Waals surface area contributed by atoms with E-state index in [1.807, 2.05) is 32.9 Å². The summed E-state index contributed by atoms with van der Waals surface area (Å²) < 4.78 is 4.92. The van der Waals surface area contributed by atoms with Gasteiger partial charge in [0.05, 0.1) is 0 Å². The van der Waals surface area contributed by atoms with E-state index >= 15 is 0 Å². The maximum Gasteiger partial charge on any atom is 0.195 e. The smallest absolute Gasteiger partial charge is 0.195 e. The van der Waals surface area contributed by atoms with Gasteiger partial charge in [-0.1, -0.05) is 0 Å². The molecule has 17 heavy (non-hydrogen) atoms. The van der Waals surface area contributed by atoms with Crippen LogP contribution in [-0.2, 0) is 0 Å². The molecule has 3 rings (SSSR count). The van der Waals surface area contributed by atoms with E-state index in [0.717, 1.165) is 21.0 Å². The Labute approximate surface area is 111 Å². The summed E-state index contributed by atoms with van der Waals surface area (Å²) in [6, 6.07) is 2.36. The van der Waals surface area contributed by atoms with Crippen LogP contribution in [0, 0.1) is 0 Å². The molecular weight excluding hydrogens is 300 g/mol. The summed E-state index contributed by atoms with van der Waals surface area (Å²) in [5.74, 6) is 0. The van der Waals surface area contributed by atoms with Crippen molar-refractivity contribution in [3.8, 4) is 11.4 Å². The Morgan fingerprint density at radius 3 is 2.82 bits per heavy atom. The van der Waals surface area contributed by atoms with Crippen LogP contribution in [0.25, 0.3) is 16.3 Å². The summed E-state index contributed by atoms with van der Waals surface area (Å²) >= 11 is 5.19. The summed E-state index contributed by atoms with van der Waals surface area (Å²) in [6.45, 7) is 4.22. The zero-order chi connectivity index (χ0) is 12.0. The van der Waals surface area contributed by atoms with Gasteiger partial charge in [0.15, 0.2) is 4.96 Å². The molecule has 3 aromatic rings. The van der Waals surface area contributed by atoms with Crippen molar-refractivity contribution >= 4 is 32.2 Å². The summed E-state index contributed by atoms with van der Waals surface area (Å²) in [5.41, 5.74) is 1.80. The predicted molar refractivity (Wildman–Crippen MR) is 72.4 cm³/mol. The van der Waals surface area contributed by atoms with Crippen molar-refractivity contribution in [2.75, 3.05) is 0 Å². The molecule has 0 amide bonds. The Bertz CT molecular complexity index is 664. The first-order valence-corrected chi connectivity index (χ1v) is 7.00. The zero-order valence-corrected chi connectivity index (χ0v) is 11.9. The number of fused-ring (bicyclic) bond motifs is 1. The van der Waals surface area contributed by atoms with Crippen molar-refractivity contribution in [3.05, 3.63) is 28.4 Å². The largest absolute Gasteiger partial charge is 0.284 e. The average Bonchev–Trinajstić information content (AvgIpc) is 2.95. The number of hydrogen-bond acceptors (Lipinski definition) is 3. The summed E-state index contributed by atoms with van der Waals surface area (Å²) in [7, 11) is 0. The third kappa shape index (κ3) is 1.71. The maximum atomic E-state index is 4.57. The predicted octanol–water partition coefficient (Wildman–Crippen LogP) is 3.60. The molecule has 0 fully saturated rings. The lowest BCUT2D eigenvalue weighted by molar-refractivity contribution is 0.534. The number of halogens is 1. The molecule has 0 spiro atoms. The van der Waals surface area contributed by atoms with E-state index in [1.165, 1.54) is 0 Å². The Balaban J connectivity index is 2.13. The second-order valence-corrected chi connectivity index (χ2v) is 5.71. The van der Waals surface area contributed by atoms with Crippen molar-refractivity contribution in [1.82, 2.24) is 19.2 Å². The topological polar surface area (TPSA) is 35.1 Å². The van der Waals surface area contributed by atoms with Gasteiger partial charge in [0.2, 0.25) is 0 Å². The normalized spacial score (nSPS) is 11.8. The van der Waals surface area contributed by atoms with Gasteiger partial charge in [-0.25, -0.2) is 4.98 Å². The molecule has 4 nitrogen and oxygen atoms in total. The molecule has 3 heterocycles. The van der Waals surface area contributed by atoms with Gasteiger partial charge in [-0.05, 0) is 35.8 Å². The molecule has 0 aliphatic heterocycles. The number of nitrogens with zero attached hydrogens (tertiary/aromatic N) is 4. The first-order valence-electron chi connectivity index (χ1n) is 5.33. The van der Waals surface area contributed by atoms with Gasteiger partial charge in [-0.3, -0.25) is 9.08 Å². The van der Waals surface area contributed by atoms with Crippen molar-refractivity contribution in [3.63, 3.8) is 0 Å². The fraction of sp³-hybridized carbons (Fsp3) is 0.273. The molecule has 0 unspecified atom stereocenters. The van der Waals surface area contributed by atoms with Gasteiger partial charge in [-0.2, -0.15) is 5.10 Å². The average molecular weight is 311 g/mol. The second-order valence-electron chi connectivity index (χ2n) is 4.08. The van der Waals surface area contributed by atoms with E-state index in [2.05, 4.69) is 39.9 Å². The van der Waals surface area contributed by atoms with Crippen LogP contribution in [0.5, 0.6) is 0 Å². The van der Waals surface area contributed by atoms with E-state index in [0.29, 0.717) is 6.04 Å². The first-order chi connectivity index (χ1) is 8.16. The van der Waals surface area contributed by atoms with Crippen LogP contribution in [0.2, 0.25) is 0 Å². The molecule has 6 heteroatoms. The van der Waals surface area contributed by atoms with Gasteiger partial charge in [0.25, 0.3) is 0 Å². The minimum absolute atomic E-state index is 0.367. The van der Waals surface area contributed by atoms with Crippen LogP contribution >= 0.6 is 27.3 Å². The van der Waals surface area contributed by atoms with Crippen LogP contribution in [0.15, 0.2) is 28.4 Å². The minimum atomic E-state index is 0.367. The quantitative estimate of drug-likeness (QED) is 0.725. The molecule has 0 saturated carbocycles. The highest BCUT2D eigenvalue weighted by atomic mass is 79.9. The third-order valence-electron chi connectivity index (χ3n) is 2.58. The Kier molecular flexibility index (Phi) is 2.56. The van der Waals surface area contributed by atoms with Crippen molar-refractivity contribution < 1.29 is 0 Å². The van der Waals surface area contributed by atoms with Gasteiger partial charge in [-0.15, -0.1) is 11.3 Å². The number of thiazole rings is 1. The lowest BCUT2D eigenvalue weighted by Crippen LogP contribution is -2.00. The number of aromatic nitrogens is 4. The summed E-state index contributed by atoms with van der Waals surface area (Å²) in [4.78, 5) is 5.55. The van der Waals surface area contributed by atoms with Gasteiger partial charge in [0, 0.05) is 23.8 Å². The fourth-order valence-electron chi connectivity index (χ4n) is 1.67. The van der Waals surface area contributed by atoms with Crippen LogP contribution in [0.4, 0.5) is 0 Å². The SMILES string of the molecule is CC(C)n1ccc(-c2nc3sccn3c2Br)n1. The Morgan fingerprint density at radius 1 is 1.35 bits per heavy atom. The molecular formula is C11H11BrN4S. The van der Waals surface area contributed by atoms with E-state index < -0.39 is 0 Å². The molecule has 3 aromatic heterocycles. The zero-order valence-electron chi connectivity index (χ0n) is 9.46. The van der Waals surface area contributed by atoms with E-state index in [4.69, 9.17) is 0 Å². The molecule has 0 bridgehead atoms. The summed E-state index contributed by atoms with van der Waals surface area (Å²) in [5, 5.41) is 6.55. The summed E-state index contributed by atoms with van der Waals surface area (Å²) in [6.07, 6.45) is 3.99. The Hall–Kier alpha value is -1.14. The van der Waals surface area contributed by atoms with Crippen LogP contribution in [0.1, 0.15) is 19.9 Å². The fourth-order valence-corrected chi connectivity index (χ4v) is 3.08. The van der Waals surface area contributed by atoms with Crippen molar-refractivity contribution in [2.45, 2.75) is 19.9 Å². The molecule has 0 aliphatic rings. The molecule has 88 valence electrons. The van der Waals surface area contributed by atoms with Gasteiger partial charge < -0.3 is 0 Å². The highest BCUT2D eigenvalue weighted by Gasteiger charge is 2.15. The monoisotopic (exact) mass is 310 g/mol. The number of rotatable bonds is 2. The molecule has 0 saturated heterocycles. The van der Waals surface area contributed by atoms with E-state index in [-0.39, 0.29) is 0 Å². The molecule has 0 N–H and O–H groups in total. The van der Waals surface area contributed by atoms with Crippen LogP contribution in [0.3, 0.4) is 0 Å². The van der Waals surface area contributed by atoms with Crippen LogP contribution < -0.4 is 0 Å². The maximum absolute atomic E-state index is 4.57. The highest BCUT2D eigenvalue weighted by molar-refractivity contribution is 9.10. The minimum Gasteiger partial charge on any atom is -0.284 e. The van der Waals surface area contributed by atoms with E-state index in [1.54, 1.807) is 11.3 Å². The molecule has 0 aromatic carbocycles. The van der Waals surface area contributed by atoms with E-state index in [9.17, 15) is 0 Å². The highest BCUT2D eigenvalue weighted by Crippen LogP contribution is 2.29. The molecule has 0 radical (unpaired) electrons. The standard InChI is InChI=1S/C11H11BrN4S/c1-7(2)16-4-3-8(14-16)9-10(12)15-5-6-17-11(15)13-9/h3-7H,1-2H3. The first kappa shape index (κ1) is 11.0. The number of hydrogen-bond donors (Lipinski definition) is 0. The third-order valence-corrected chi connectivity index (χ3v) is 4.10. The molecule has 0 aliphatic carbocycles. The lowest BCUT2D eigenvalue weighted by Gasteiger charge is -2.03.